The van der Waals surface area contributed by atoms with Crippen molar-refractivity contribution in [1.82, 2.24) is 5.32 Å². The lowest BCUT2D eigenvalue weighted by Gasteiger charge is -2.28. The lowest BCUT2D eigenvalue weighted by Crippen LogP contribution is -2.54. The fraction of sp³-hybridized carbons (Fsp3) is 0.455. The molecule has 16 heavy (non-hydrogen) atoms. The zero-order valence-corrected chi connectivity index (χ0v) is 8.93. The Morgan fingerprint density at radius 3 is 2.06 bits per heavy atom. The van der Waals surface area contributed by atoms with Gasteiger partial charge in [0.2, 0.25) is 0 Å². The van der Waals surface area contributed by atoms with Crippen molar-refractivity contribution in [2.45, 2.75) is 12.1 Å². The number of phenolic OH excluding ortho intramolecular Hbond substituents is 1. The minimum Gasteiger partial charge on any atom is -0.508 e. The highest BCUT2D eigenvalue weighted by atomic mass is 16.3. The zero-order valence-electron chi connectivity index (χ0n) is 8.93. The van der Waals surface area contributed by atoms with Gasteiger partial charge in [0.25, 0.3) is 0 Å². The van der Waals surface area contributed by atoms with Crippen molar-refractivity contribution in [3.63, 3.8) is 0 Å². The molecule has 0 atom stereocenters. The van der Waals surface area contributed by atoms with Gasteiger partial charge >= 0.3 is 0 Å². The number of hydrogen-bond donors (Lipinski definition) is 5. The molecule has 0 heterocycles. The molecule has 0 saturated carbocycles. The standard InChI is InChI=1S/C11H17NO4/c13-6-11(7-14,8-15)12-5-9-3-1-2-4-10(9)16/h1-4,12-16H,5-8H2. The molecule has 1 aromatic carbocycles. The Hall–Kier alpha value is -1.14. The normalized spacial score (nSPS) is 11.7. The van der Waals surface area contributed by atoms with Gasteiger partial charge in [-0.15, -0.1) is 0 Å². The molecule has 0 radical (unpaired) electrons. The molecular formula is C11H17NO4. The Morgan fingerprint density at radius 2 is 1.56 bits per heavy atom. The predicted molar refractivity (Wildman–Crippen MR) is 58.9 cm³/mol. The summed E-state index contributed by atoms with van der Waals surface area (Å²) in [5, 5.41) is 39.6. The van der Waals surface area contributed by atoms with Gasteiger partial charge in [-0.2, -0.15) is 0 Å². The number of aliphatic hydroxyl groups excluding tert-OH is 3. The van der Waals surface area contributed by atoms with Gasteiger partial charge in [0.1, 0.15) is 5.75 Å². The fourth-order valence-electron chi connectivity index (χ4n) is 1.26. The lowest BCUT2D eigenvalue weighted by molar-refractivity contribution is 0.0412. The molecule has 1 rings (SSSR count). The van der Waals surface area contributed by atoms with E-state index in [4.69, 9.17) is 15.3 Å². The van der Waals surface area contributed by atoms with Crippen molar-refractivity contribution in [3.05, 3.63) is 29.8 Å². The van der Waals surface area contributed by atoms with Crippen molar-refractivity contribution in [2.75, 3.05) is 19.8 Å². The average molecular weight is 227 g/mol. The van der Waals surface area contributed by atoms with E-state index in [-0.39, 0.29) is 32.1 Å². The second-order valence-corrected chi connectivity index (χ2v) is 3.74. The summed E-state index contributed by atoms with van der Waals surface area (Å²) in [5.74, 6) is 0.137. The van der Waals surface area contributed by atoms with Crippen molar-refractivity contribution in [3.8, 4) is 5.75 Å². The Labute approximate surface area is 94.0 Å². The van der Waals surface area contributed by atoms with E-state index in [1.807, 2.05) is 0 Å². The molecule has 0 bridgehead atoms. The minimum absolute atomic E-state index is 0.137. The van der Waals surface area contributed by atoms with Crippen LogP contribution in [-0.4, -0.2) is 45.8 Å². The summed E-state index contributed by atoms with van der Waals surface area (Å²) in [6.07, 6.45) is 0. The largest absolute Gasteiger partial charge is 0.508 e. The molecule has 5 N–H and O–H groups in total. The third kappa shape index (κ3) is 2.93. The van der Waals surface area contributed by atoms with E-state index in [1.165, 1.54) is 0 Å². The van der Waals surface area contributed by atoms with Crippen LogP contribution in [0.5, 0.6) is 5.75 Å². The molecule has 0 saturated heterocycles. The van der Waals surface area contributed by atoms with Crippen molar-refractivity contribution >= 4 is 0 Å². The number of rotatable bonds is 6. The van der Waals surface area contributed by atoms with Gasteiger partial charge in [-0.05, 0) is 6.07 Å². The molecule has 0 aliphatic carbocycles. The summed E-state index contributed by atoms with van der Waals surface area (Å²) < 4.78 is 0. The molecule has 90 valence electrons. The van der Waals surface area contributed by atoms with Crippen molar-refractivity contribution in [1.29, 1.82) is 0 Å². The van der Waals surface area contributed by atoms with Gasteiger partial charge in [-0.1, -0.05) is 18.2 Å². The summed E-state index contributed by atoms with van der Waals surface area (Å²) in [4.78, 5) is 0. The van der Waals surface area contributed by atoms with Crippen LogP contribution in [0.2, 0.25) is 0 Å². The smallest absolute Gasteiger partial charge is 0.120 e. The van der Waals surface area contributed by atoms with Crippen LogP contribution in [0.1, 0.15) is 5.56 Å². The van der Waals surface area contributed by atoms with Gasteiger partial charge in [0, 0.05) is 12.1 Å². The lowest BCUT2D eigenvalue weighted by atomic mass is 10.0. The first-order valence-electron chi connectivity index (χ1n) is 5.02. The fourth-order valence-corrected chi connectivity index (χ4v) is 1.26. The van der Waals surface area contributed by atoms with Crippen LogP contribution in [0.15, 0.2) is 24.3 Å². The van der Waals surface area contributed by atoms with Gasteiger partial charge in [0.05, 0.1) is 25.4 Å². The number of aromatic hydroxyl groups is 1. The number of phenols is 1. The highest BCUT2D eigenvalue weighted by Crippen LogP contribution is 2.16. The van der Waals surface area contributed by atoms with Crippen LogP contribution in [0, 0.1) is 0 Å². The second-order valence-electron chi connectivity index (χ2n) is 3.74. The van der Waals surface area contributed by atoms with E-state index < -0.39 is 5.54 Å². The third-order valence-corrected chi connectivity index (χ3v) is 2.55. The van der Waals surface area contributed by atoms with Gasteiger partial charge < -0.3 is 25.7 Å². The summed E-state index contributed by atoms with van der Waals surface area (Å²) in [6, 6.07) is 6.75. The third-order valence-electron chi connectivity index (χ3n) is 2.55. The summed E-state index contributed by atoms with van der Waals surface area (Å²) in [7, 11) is 0. The van der Waals surface area contributed by atoms with Crippen molar-refractivity contribution in [2.24, 2.45) is 0 Å². The molecule has 0 aliphatic rings. The SMILES string of the molecule is OCC(CO)(CO)NCc1ccccc1O. The summed E-state index contributed by atoms with van der Waals surface area (Å²) in [6.45, 7) is -0.886. The van der Waals surface area contributed by atoms with Gasteiger partial charge in [-0.3, -0.25) is 0 Å². The van der Waals surface area contributed by atoms with E-state index in [1.54, 1.807) is 24.3 Å². The first-order valence-corrected chi connectivity index (χ1v) is 5.02. The second kappa shape index (κ2) is 5.81. The van der Waals surface area contributed by atoms with Crippen LogP contribution in [0.3, 0.4) is 0 Å². The molecule has 0 fully saturated rings. The first kappa shape index (κ1) is 12.9. The highest BCUT2D eigenvalue weighted by Gasteiger charge is 2.27. The average Bonchev–Trinajstić information content (AvgIpc) is 2.34. The molecule has 0 spiro atoms. The van der Waals surface area contributed by atoms with E-state index >= 15 is 0 Å². The maximum Gasteiger partial charge on any atom is 0.120 e. The Kier molecular flexibility index (Phi) is 4.70. The number of nitrogens with one attached hydrogen (secondary N) is 1. The number of para-hydroxylation sites is 1. The van der Waals surface area contributed by atoms with Crippen LogP contribution >= 0.6 is 0 Å². The molecule has 0 aromatic heterocycles. The van der Waals surface area contributed by atoms with E-state index in [2.05, 4.69) is 5.32 Å². The monoisotopic (exact) mass is 227 g/mol. The van der Waals surface area contributed by atoms with Crippen LogP contribution in [-0.2, 0) is 6.54 Å². The van der Waals surface area contributed by atoms with E-state index in [0.717, 1.165) is 0 Å². The Bertz CT molecular complexity index is 317. The molecule has 0 unspecified atom stereocenters. The maximum atomic E-state index is 9.50. The van der Waals surface area contributed by atoms with Crippen LogP contribution < -0.4 is 5.32 Å². The number of aliphatic hydroxyl groups is 3. The van der Waals surface area contributed by atoms with Gasteiger partial charge in [-0.25, -0.2) is 0 Å². The first-order chi connectivity index (χ1) is 7.67. The maximum absolute atomic E-state index is 9.50. The zero-order chi connectivity index (χ0) is 12.0. The number of benzene rings is 1. The summed E-state index contributed by atoms with van der Waals surface area (Å²) >= 11 is 0. The molecule has 5 heteroatoms. The molecule has 0 aliphatic heterocycles. The summed E-state index contributed by atoms with van der Waals surface area (Å²) in [5.41, 5.74) is -0.482. The van der Waals surface area contributed by atoms with Crippen LogP contribution in [0.25, 0.3) is 0 Å². The molecular weight excluding hydrogens is 210 g/mol. The highest BCUT2D eigenvalue weighted by molar-refractivity contribution is 5.31. The van der Waals surface area contributed by atoms with Crippen molar-refractivity contribution < 1.29 is 20.4 Å². The minimum atomic E-state index is -1.12. The topological polar surface area (TPSA) is 93.0 Å². The van der Waals surface area contributed by atoms with Gasteiger partial charge in [0.15, 0.2) is 0 Å². The van der Waals surface area contributed by atoms with E-state index in [9.17, 15) is 5.11 Å². The van der Waals surface area contributed by atoms with E-state index in [0.29, 0.717) is 5.56 Å². The number of hydrogen-bond acceptors (Lipinski definition) is 5. The predicted octanol–water partition coefficient (Wildman–Crippen LogP) is -0.803. The molecule has 5 nitrogen and oxygen atoms in total. The van der Waals surface area contributed by atoms with Crippen LogP contribution in [0.4, 0.5) is 0 Å². The Balaban J connectivity index is 2.66. The molecule has 0 amide bonds. The molecule has 1 aromatic rings. The Morgan fingerprint density at radius 1 is 1.00 bits per heavy atom. The quantitative estimate of drug-likeness (QED) is 0.438.